The van der Waals surface area contributed by atoms with Gasteiger partial charge in [0.1, 0.15) is 5.54 Å². The molecule has 0 radical (unpaired) electrons. The highest BCUT2D eigenvalue weighted by atomic mass is 32.1. The molecule has 2 aromatic heterocycles. The van der Waals surface area contributed by atoms with E-state index in [9.17, 15) is 9.59 Å². The third kappa shape index (κ3) is 4.00. The number of hydrogen-bond donors (Lipinski definition) is 2. The SMILES string of the molecule is O=C1CCCCC(Cc2cccnc2)(C(=O)NCc2cccs2)N1. The summed E-state index contributed by atoms with van der Waals surface area (Å²) >= 11 is 1.61. The van der Waals surface area contributed by atoms with Crippen LogP contribution in [0.4, 0.5) is 0 Å². The molecule has 6 heteroatoms. The summed E-state index contributed by atoms with van der Waals surface area (Å²) in [6.45, 7) is 0.487. The molecule has 2 aromatic rings. The molecule has 0 aromatic carbocycles. The summed E-state index contributed by atoms with van der Waals surface area (Å²) < 4.78 is 0. The lowest BCUT2D eigenvalue weighted by molar-refractivity contribution is -0.133. The second-order valence-electron chi connectivity index (χ2n) is 6.14. The number of amides is 2. The fourth-order valence-corrected chi connectivity index (χ4v) is 3.73. The molecule has 1 unspecified atom stereocenters. The smallest absolute Gasteiger partial charge is 0.246 e. The van der Waals surface area contributed by atoms with Crippen molar-refractivity contribution in [2.75, 3.05) is 0 Å². The molecule has 1 atom stereocenters. The molecule has 5 nitrogen and oxygen atoms in total. The Hall–Kier alpha value is -2.21. The minimum Gasteiger partial charge on any atom is -0.349 e. The van der Waals surface area contributed by atoms with E-state index >= 15 is 0 Å². The second-order valence-corrected chi connectivity index (χ2v) is 7.17. The number of carbonyl (C=O) groups excluding carboxylic acids is 2. The van der Waals surface area contributed by atoms with Crippen LogP contribution in [-0.2, 0) is 22.6 Å². The van der Waals surface area contributed by atoms with Crippen molar-refractivity contribution in [3.05, 3.63) is 52.5 Å². The van der Waals surface area contributed by atoms with Crippen molar-refractivity contribution in [3.8, 4) is 0 Å². The van der Waals surface area contributed by atoms with Gasteiger partial charge < -0.3 is 10.6 Å². The van der Waals surface area contributed by atoms with Crippen LogP contribution in [-0.4, -0.2) is 22.3 Å². The number of nitrogens with zero attached hydrogens (tertiary/aromatic N) is 1. The molecule has 2 amide bonds. The van der Waals surface area contributed by atoms with E-state index in [4.69, 9.17) is 0 Å². The summed E-state index contributed by atoms with van der Waals surface area (Å²) in [5.41, 5.74) is 0.0550. The normalized spacial score (nSPS) is 20.9. The van der Waals surface area contributed by atoms with Gasteiger partial charge in [-0.3, -0.25) is 14.6 Å². The quantitative estimate of drug-likeness (QED) is 0.876. The number of carbonyl (C=O) groups is 2. The van der Waals surface area contributed by atoms with Crippen molar-refractivity contribution in [2.45, 2.75) is 44.2 Å². The number of aromatic nitrogens is 1. The number of hydrogen-bond acceptors (Lipinski definition) is 4. The molecule has 1 aliphatic rings. The van der Waals surface area contributed by atoms with Crippen LogP contribution in [0.2, 0.25) is 0 Å². The molecular formula is C18H21N3O2S. The monoisotopic (exact) mass is 343 g/mol. The van der Waals surface area contributed by atoms with E-state index in [1.165, 1.54) is 0 Å². The first-order valence-electron chi connectivity index (χ1n) is 8.19. The highest BCUT2D eigenvalue weighted by Crippen LogP contribution is 2.25. The minimum atomic E-state index is -0.895. The minimum absolute atomic E-state index is 0.0531. The van der Waals surface area contributed by atoms with E-state index < -0.39 is 5.54 Å². The van der Waals surface area contributed by atoms with Gasteiger partial charge >= 0.3 is 0 Å². The van der Waals surface area contributed by atoms with Crippen LogP contribution in [0.5, 0.6) is 0 Å². The Labute approximate surface area is 145 Å². The zero-order valence-corrected chi connectivity index (χ0v) is 14.3. The van der Waals surface area contributed by atoms with Gasteiger partial charge in [0, 0.05) is 30.1 Å². The first-order valence-corrected chi connectivity index (χ1v) is 9.06. The third-order valence-electron chi connectivity index (χ3n) is 4.30. The number of rotatable bonds is 5. The van der Waals surface area contributed by atoms with E-state index in [-0.39, 0.29) is 11.8 Å². The Morgan fingerprint density at radius 1 is 1.33 bits per heavy atom. The van der Waals surface area contributed by atoms with Crippen LogP contribution >= 0.6 is 11.3 Å². The van der Waals surface area contributed by atoms with Gasteiger partial charge in [-0.1, -0.05) is 18.6 Å². The largest absolute Gasteiger partial charge is 0.349 e. The highest BCUT2D eigenvalue weighted by molar-refractivity contribution is 7.09. The first kappa shape index (κ1) is 16.6. The van der Waals surface area contributed by atoms with Gasteiger partial charge in [-0.05, 0) is 35.9 Å². The Bertz CT molecular complexity index is 688. The van der Waals surface area contributed by atoms with Crippen molar-refractivity contribution >= 4 is 23.2 Å². The lowest BCUT2D eigenvalue weighted by Crippen LogP contribution is -2.59. The maximum absolute atomic E-state index is 13.0. The Kier molecular flexibility index (Phi) is 5.25. The fraction of sp³-hybridized carbons (Fsp3) is 0.389. The molecule has 0 spiro atoms. The number of nitrogens with one attached hydrogen (secondary N) is 2. The predicted molar refractivity (Wildman–Crippen MR) is 93.4 cm³/mol. The van der Waals surface area contributed by atoms with E-state index in [1.54, 1.807) is 23.7 Å². The van der Waals surface area contributed by atoms with Gasteiger partial charge in [0.25, 0.3) is 0 Å². The summed E-state index contributed by atoms with van der Waals surface area (Å²) in [6, 6.07) is 7.75. The summed E-state index contributed by atoms with van der Waals surface area (Å²) in [6.07, 6.45) is 6.72. The van der Waals surface area contributed by atoms with Gasteiger partial charge in [-0.25, -0.2) is 0 Å². The zero-order valence-electron chi connectivity index (χ0n) is 13.5. The van der Waals surface area contributed by atoms with E-state index in [0.29, 0.717) is 25.8 Å². The lowest BCUT2D eigenvalue weighted by atomic mass is 9.86. The molecule has 1 saturated heterocycles. The molecule has 126 valence electrons. The van der Waals surface area contributed by atoms with Crippen molar-refractivity contribution in [1.82, 2.24) is 15.6 Å². The standard InChI is InChI=1S/C18H21N3O2S/c22-16-7-1-2-8-18(21-16,11-14-5-3-9-19-12-14)17(23)20-13-15-6-4-10-24-15/h3-6,9-10,12H,1-2,7-8,11,13H2,(H,20,23)(H,21,22). The van der Waals surface area contributed by atoms with Gasteiger partial charge in [0.05, 0.1) is 6.54 Å². The number of thiophene rings is 1. The Balaban J connectivity index is 1.80. The van der Waals surface area contributed by atoms with Crippen molar-refractivity contribution in [3.63, 3.8) is 0 Å². The summed E-state index contributed by atoms with van der Waals surface area (Å²) in [5.74, 6) is -0.169. The van der Waals surface area contributed by atoms with Crippen LogP contribution in [0.25, 0.3) is 0 Å². The molecule has 0 saturated carbocycles. The van der Waals surface area contributed by atoms with Gasteiger partial charge in [-0.2, -0.15) is 0 Å². The zero-order chi connectivity index (χ0) is 16.8. The Morgan fingerprint density at radius 2 is 2.25 bits per heavy atom. The molecule has 1 fully saturated rings. The number of pyridine rings is 1. The molecule has 2 N–H and O–H groups in total. The lowest BCUT2D eigenvalue weighted by Gasteiger charge is -2.32. The molecule has 3 rings (SSSR count). The van der Waals surface area contributed by atoms with Crippen molar-refractivity contribution < 1.29 is 9.59 Å². The van der Waals surface area contributed by atoms with Crippen LogP contribution in [0.15, 0.2) is 42.0 Å². The Morgan fingerprint density at radius 3 is 3.00 bits per heavy atom. The third-order valence-corrected chi connectivity index (χ3v) is 5.18. The maximum atomic E-state index is 13.0. The van der Waals surface area contributed by atoms with Gasteiger partial charge in [0.15, 0.2) is 0 Å². The highest BCUT2D eigenvalue weighted by Gasteiger charge is 2.40. The van der Waals surface area contributed by atoms with Crippen LogP contribution in [0.3, 0.4) is 0 Å². The van der Waals surface area contributed by atoms with Crippen molar-refractivity contribution in [1.29, 1.82) is 0 Å². The molecule has 24 heavy (non-hydrogen) atoms. The van der Waals surface area contributed by atoms with Crippen LogP contribution < -0.4 is 10.6 Å². The average molecular weight is 343 g/mol. The molecule has 0 bridgehead atoms. The van der Waals surface area contributed by atoms with Crippen LogP contribution in [0, 0.1) is 0 Å². The van der Waals surface area contributed by atoms with Gasteiger partial charge in [-0.15, -0.1) is 11.3 Å². The fourth-order valence-electron chi connectivity index (χ4n) is 3.09. The summed E-state index contributed by atoms with van der Waals surface area (Å²) in [7, 11) is 0. The summed E-state index contributed by atoms with van der Waals surface area (Å²) in [5, 5.41) is 7.98. The van der Waals surface area contributed by atoms with Crippen LogP contribution in [0.1, 0.15) is 36.1 Å². The topological polar surface area (TPSA) is 71.1 Å². The summed E-state index contributed by atoms with van der Waals surface area (Å²) in [4.78, 5) is 30.3. The average Bonchev–Trinajstić information content (AvgIpc) is 3.03. The molecular weight excluding hydrogens is 322 g/mol. The second kappa shape index (κ2) is 7.57. The van der Waals surface area contributed by atoms with E-state index in [0.717, 1.165) is 23.3 Å². The molecule has 0 aliphatic carbocycles. The predicted octanol–water partition coefficient (Wildman–Crippen LogP) is 2.43. The molecule has 3 heterocycles. The van der Waals surface area contributed by atoms with E-state index in [1.807, 2.05) is 29.6 Å². The maximum Gasteiger partial charge on any atom is 0.246 e. The first-order chi connectivity index (χ1) is 11.7. The molecule has 1 aliphatic heterocycles. The van der Waals surface area contributed by atoms with Crippen molar-refractivity contribution in [2.24, 2.45) is 0 Å². The van der Waals surface area contributed by atoms with E-state index in [2.05, 4.69) is 15.6 Å². The van der Waals surface area contributed by atoms with Gasteiger partial charge in [0.2, 0.25) is 11.8 Å².